The molecular formula is C23H29BrN2. The van der Waals surface area contributed by atoms with Gasteiger partial charge in [0.05, 0.1) is 6.07 Å². The number of hydrogen-bond acceptors (Lipinski definition) is 2. The zero-order valence-corrected chi connectivity index (χ0v) is 17.5. The highest BCUT2D eigenvalue weighted by Gasteiger charge is 2.29. The molecule has 0 aromatic heterocycles. The number of nitriles is 1. The second-order valence-corrected chi connectivity index (χ2v) is 8.17. The largest absolute Gasteiger partial charge is 0.302 e. The van der Waals surface area contributed by atoms with E-state index in [1.54, 1.807) is 6.07 Å². The van der Waals surface area contributed by atoms with E-state index in [2.05, 4.69) is 82.5 Å². The van der Waals surface area contributed by atoms with E-state index in [0.29, 0.717) is 4.83 Å². The van der Waals surface area contributed by atoms with Crippen LogP contribution in [0.15, 0.2) is 54.6 Å². The summed E-state index contributed by atoms with van der Waals surface area (Å²) in [5.74, 6) is 0.737. The van der Waals surface area contributed by atoms with Gasteiger partial charge in [0, 0.05) is 18.3 Å². The predicted octanol–water partition coefficient (Wildman–Crippen LogP) is 5.92. The van der Waals surface area contributed by atoms with Gasteiger partial charge in [-0.15, -0.1) is 0 Å². The van der Waals surface area contributed by atoms with Gasteiger partial charge in [-0.25, -0.2) is 0 Å². The number of alkyl halides is 1. The Labute approximate surface area is 167 Å². The molecule has 2 aromatic rings. The van der Waals surface area contributed by atoms with Crippen LogP contribution in [0.4, 0.5) is 0 Å². The van der Waals surface area contributed by atoms with Crippen molar-refractivity contribution in [3.05, 3.63) is 71.3 Å². The Morgan fingerprint density at radius 3 is 2.23 bits per heavy atom. The van der Waals surface area contributed by atoms with Crippen LogP contribution in [0.5, 0.6) is 0 Å². The summed E-state index contributed by atoms with van der Waals surface area (Å²) in [6.45, 7) is 3.61. The van der Waals surface area contributed by atoms with E-state index in [9.17, 15) is 0 Å². The van der Waals surface area contributed by atoms with Gasteiger partial charge in [0.1, 0.15) is 0 Å². The average Bonchev–Trinajstić information content (AvgIpc) is 2.63. The first kappa shape index (κ1) is 20.7. The Morgan fingerprint density at radius 2 is 1.69 bits per heavy atom. The van der Waals surface area contributed by atoms with Crippen molar-refractivity contribution in [2.24, 2.45) is 0 Å². The van der Waals surface area contributed by atoms with Crippen molar-refractivity contribution in [1.29, 1.82) is 5.26 Å². The second kappa shape index (κ2) is 11.2. The van der Waals surface area contributed by atoms with Crippen molar-refractivity contribution in [2.75, 3.05) is 13.6 Å². The summed E-state index contributed by atoms with van der Waals surface area (Å²) in [6.07, 6.45) is 5.04. The molecule has 0 bridgehead atoms. The highest BCUT2D eigenvalue weighted by molar-refractivity contribution is 9.09. The van der Waals surface area contributed by atoms with Crippen LogP contribution in [0.1, 0.15) is 48.8 Å². The SMILES string of the molecule is CC#N.CN(CCCc1ccc(C2CCC2Br)cc1)Cc1ccccc1. The first-order chi connectivity index (χ1) is 12.6. The van der Waals surface area contributed by atoms with Gasteiger partial charge in [-0.2, -0.15) is 5.26 Å². The van der Waals surface area contributed by atoms with Crippen molar-refractivity contribution in [1.82, 2.24) is 4.90 Å². The lowest BCUT2D eigenvalue weighted by Crippen LogP contribution is -2.23. The quantitative estimate of drug-likeness (QED) is 0.527. The molecule has 1 fully saturated rings. The second-order valence-electron chi connectivity index (χ2n) is 6.99. The maximum atomic E-state index is 7.32. The fourth-order valence-corrected chi connectivity index (χ4v) is 4.13. The molecule has 1 aliphatic rings. The number of rotatable bonds is 7. The Morgan fingerprint density at radius 1 is 1.04 bits per heavy atom. The molecule has 0 N–H and O–H groups in total. The van der Waals surface area contributed by atoms with E-state index in [0.717, 1.165) is 19.0 Å². The van der Waals surface area contributed by atoms with Crippen molar-refractivity contribution >= 4 is 15.9 Å². The molecule has 0 aliphatic heterocycles. The molecule has 0 amide bonds. The van der Waals surface area contributed by atoms with Gasteiger partial charge in [-0.05, 0) is 61.9 Å². The molecule has 0 heterocycles. The summed E-state index contributed by atoms with van der Waals surface area (Å²) in [4.78, 5) is 3.10. The molecule has 2 nitrogen and oxygen atoms in total. The summed E-state index contributed by atoms with van der Waals surface area (Å²) >= 11 is 3.76. The Bertz CT molecular complexity index is 676. The summed E-state index contributed by atoms with van der Waals surface area (Å²) in [6, 6.07) is 21.8. The third-order valence-electron chi connectivity index (χ3n) is 4.90. The summed E-state index contributed by atoms with van der Waals surface area (Å²) in [7, 11) is 2.21. The van der Waals surface area contributed by atoms with Gasteiger partial charge < -0.3 is 4.90 Å². The van der Waals surface area contributed by atoms with Crippen LogP contribution in [0, 0.1) is 11.3 Å². The molecule has 3 heteroatoms. The van der Waals surface area contributed by atoms with Crippen LogP contribution >= 0.6 is 15.9 Å². The zero-order chi connectivity index (χ0) is 18.8. The van der Waals surface area contributed by atoms with Gasteiger partial charge in [0.25, 0.3) is 0 Å². The van der Waals surface area contributed by atoms with Crippen LogP contribution in [-0.4, -0.2) is 23.3 Å². The van der Waals surface area contributed by atoms with Gasteiger partial charge in [-0.1, -0.05) is 70.5 Å². The molecule has 1 aliphatic carbocycles. The van der Waals surface area contributed by atoms with Crippen LogP contribution in [0.3, 0.4) is 0 Å². The van der Waals surface area contributed by atoms with Gasteiger partial charge >= 0.3 is 0 Å². The fourth-order valence-electron chi connectivity index (χ4n) is 3.29. The van der Waals surface area contributed by atoms with Crippen molar-refractivity contribution in [3.63, 3.8) is 0 Å². The molecule has 0 spiro atoms. The number of nitrogens with zero attached hydrogens (tertiary/aromatic N) is 2. The van der Waals surface area contributed by atoms with E-state index in [1.165, 1.54) is 49.3 Å². The molecule has 2 atom stereocenters. The minimum atomic E-state index is 0.694. The van der Waals surface area contributed by atoms with Crippen LogP contribution in [-0.2, 0) is 13.0 Å². The van der Waals surface area contributed by atoms with E-state index < -0.39 is 0 Å². The Balaban J connectivity index is 0.000000758. The Hall–Kier alpha value is -1.63. The fraction of sp³-hybridized carbons (Fsp3) is 0.435. The van der Waals surface area contributed by atoms with Gasteiger partial charge in [-0.3, -0.25) is 0 Å². The van der Waals surface area contributed by atoms with E-state index in [1.807, 2.05) is 0 Å². The molecular weight excluding hydrogens is 384 g/mol. The molecule has 26 heavy (non-hydrogen) atoms. The first-order valence-corrected chi connectivity index (χ1v) is 10.3. The molecule has 2 aromatic carbocycles. The topological polar surface area (TPSA) is 27.0 Å². The smallest absolute Gasteiger partial charge is 0.0587 e. The maximum absolute atomic E-state index is 7.32. The van der Waals surface area contributed by atoms with Crippen molar-refractivity contribution in [3.8, 4) is 6.07 Å². The highest BCUT2D eigenvalue weighted by Crippen LogP contribution is 2.41. The lowest BCUT2D eigenvalue weighted by atomic mass is 9.79. The average molecular weight is 413 g/mol. The lowest BCUT2D eigenvalue weighted by molar-refractivity contribution is 0.322. The number of hydrogen-bond donors (Lipinski definition) is 0. The summed E-state index contributed by atoms with van der Waals surface area (Å²) in [5, 5.41) is 7.32. The minimum Gasteiger partial charge on any atom is -0.302 e. The molecule has 0 radical (unpaired) electrons. The minimum absolute atomic E-state index is 0.694. The van der Waals surface area contributed by atoms with E-state index in [4.69, 9.17) is 5.26 Å². The van der Waals surface area contributed by atoms with Crippen LogP contribution < -0.4 is 0 Å². The third kappa shape index (κ3) is 6.59. The highest BCUT2D eigenvalue weighted by atomic mass is 79.9. The number of halogens is 1. The lowest BCUT2D eigenvalue weighted by Gasteiger charge is -2.32. The first-order valence-electron chi connectivity index (χ1n) is 9.40. The molecule has 138 valence electrons. The maximum Gasteiger partial charge on any atom is 0.0587 e. The van der Waals surface area contributed by atoms with E-state index >= 15 is 0 Å². The molecule has 2 unspecified atom stereocenters. The molecule has 1 saturated carbocycles. The third-order valence-corrected chi connectivity index (χ3v) is 5.99. The summed E-state index contributed by atoms with van der Waals surface area (Å²) in [5.41, 5.74) is 4.36. The Kier molecular flexibility index (Phi) is 8.88. The van der Waals surface area contributed by atoms with Crippen molar-refractivity contribution < 1.29 is 0 Å². The summed E-state index contributed by atoms with van der Waals surface area (Å²) < 4.78 is 0. The number of aryl methyl sites for hydroxylation is 1. The standard InChI is InChI=1S/C21H26BrN.C2H3N/c1-23(16-18-6-3-2-4-7-18)15-5-8-17-9-11-19(12-10-17)20-13-14-21(20)22;1-2-3/h2-4,6-7,9-12,20-21H,5,8,13-16H2,1H3;1H3. The van der Waals surface area contributed by atoms with Crippen LogP contribution in [0.25, 0.3) is 0 Å². The monoisotopic (exact) mass is 412 g/mol. The van der Waals surface area contributed by atoms with Gasteiger partial charge in [0.2, 0.25) is 0 Å². The molecule has 3 rings (SSSR count). The predicted molar refractivity (Wildman–Crippen MR) is 114 cm³/mol. The van der Waals surface area contributed by atoms with Crippen LogP contribution in [0.2, 0.25) is 0 Å². The molecule has 0 saturated heterocycles. The van der Waals surface area contributed by atoms with Gasteiger partial charge in [0.15, 0.2) is 0 Å². The van der Waals surface area contributed by atoms with Crippen molar-refractivity contribution in [2.45, 2.75) is 49.9 Å². The number of benzene rings is 2. The normalized spacial score (nSPS) is 18.4. The van der Waals surface area contributed by atoms with E-state index in [-0.39, 0.29) is 0 Å². The zero-order valence-electron chi connectivity index (χ0n) is 15.9.